The molecule has 1 aliphatic carbocycles. The van der Waals surface area contributed by atoms with Crippen molar-refractivity contribution in [2.45, 2.75) is 84.9 Å². The second-order valence-corrected chi connectivity index (χ2v) is 21.4. The molecule has 0 spiro atoms. The molecule has 1 aromatic carbocycles. The second-order valence-electron chi connectivity index (χ2n) is 7.98. The van der Waals surface area contributed by atoms with E-state index < -0.39 is 18.4 Å². The number of hydrogen-bond acceptors (Lipinski definition) is 0. The van der Waals surface area contributed by atoms with Gasteiger partial charge in [-0.05, 0) is 0 Å². The summed E-state index contributed by atoms with van der Waals surface area (Å²) < 4.78 is 6.53. The quantitative estimate of drug-likeness (QED) is 0.296. The van der Waals surface area contributed by atoms with Gasteiger partial charge in [0.1, 0.15) is 0 Å². The zero-order valence-electron chi connectivity index (χ0n) is 16.3. The van der Waals surface area contributed by atoms with Gasteiger partial charge in [0.15, 0.2) is 0 Å². The number of benzene rings is 1. The molecule has 1 saturated carbocycles. The second kappa shape index (κ2) is 10.0. The molecule has 0 aromatic heterocycles. The number of allylic oxidation sites excluding steroid dienone is 1. The molecule has 0 nitrogen and oxygen atoms in total. The first kappa shape index (κ1) is 20.1. The Hall–Kier alpha value is -0.241. The van der Waals surface area contributed by atoms with Crippen molar-refractivity contribution < 1.29 is 0 Å². The van der Waals surface area contributed by atoms with Crippen molar-refractivity contribution in [2.24, 2.45) is 5.92 Å². The Morgan fingerprint density at radius 2 is 1.42 bits per heavy atom. The maximum atomic E-state index is 4.82. The van der Waals surface area contributed by atoms with E-state index in [1.807, 2.05) is 3.59 Å². The summed E-state index contributed by atoms with van der Waals surface area (Å²) in [5, 5.41) is 0. The van der Waals surface area contributed by atoms with E-state index in [2.05, 4.69) is 51.1 Å². The van der Waals surface area contributed by atoms with E-state index in [4.69, 9.17) is 6.58 Å². The Kier molecular flexibility index (Phi) is 8.40. The zero-order valence-corrected chi connectivity index (χ0v) is 19.2. The molecule has 134 valence electrons. The average molecular weight is 433 g/mol. The van der Waals surface area contributed by atoms with Crippen molar-refractivity contribution in [3.63, 3.8) is 0 Å². The van der Waals surface area contributed by atoms with Crippen molar-refractivity contribution in [2.75, 3.05) is 0 Å². The van der Waals surface area contributed by atoms with E-state index >= 15 is 0 Å². The average Bonchev–Trinajstić information content (AvgIpc) is 3.42. The van der Waals surface area contributed by atoms with Crippen LogP contribution in [0.5, 0.6) is 0 Å². The summed E-state index contributed by atoms with van der Waals surface area (Å²) in [4.78, 5) is 0. The molecule has 1 fully saturated rings. The molecule has 0 radical (unpaired) electrons. The fourth-order valence-electron chi connectivity index (χ4n) is 4.44. The molecule has 0 unspecified atom stereocenters. The van der Waals surface area contributed by atoms with Crippen molar-refractivity contribution >= 4 is 18.4 Å². The van der Waals surface area contributed by atoms with Gasteiger partial charge in [-0.15, -0.1) is 0 Å². The van der Waals surface area contributed by atoms with Gasteiger partial charge in [-0.2, -0.15) is 0 Å². The minimum atomic E-state index is -2.22. The Morgan fingerprint density at radius 3 is 1.88 bits per heavy atom. The molecule has 1 aliphatic rings. The summed E-state index contributed by atoms with van der Waals surface area (Å²) in [6, 6.07) is 11.2. The van der Waals surface area contributed by atoms with Gasteiger partial charge in [0.25, 0.3) is 0 Å². The summed E-state index contributed by atoms with van der Waals surface area (Å²) in [5.41, 5.74) is 1.56. The summed E-state index contributed by atoms with van der Waals surface area (Å²) in [6.45, 7) is 11.9. The Morgan fingerprint density at radius 1 is 0.917 bits per heavy atom. The first-order chi connectivity index (χ1) is 11.7. The van der Waals surface area contributed by atoms with Crippen molar-refractivity contribution in [1.82, 2.24) is 0 Å². The normalized spacial score (nSPS) is 20.1. The van der Waals surface area contributed by atoms with Gasteiger partial charge in [0, 0.05) is 0 Å². The van der Waals surface area contributed by atoms with Crippen molar-refractivity contribution in [1.29, 1.82) is 0 Å². The third kappa shape index (κ3) is 5.13. The van der Waals surface area contributed by atoms with Gasteiger partial charge in [-0.3, -0.25) is 0 Å². The molecule has 0 amide bonds. The van der Waals surface area contributed by atoms with Gasteiger partial charge in [0.2, 0.25) is 0 Å². The molecule has 2 rings (SSSR count). The van der Waals surface area contributed by atoms with Crippen LogP contribution >= 0.6 is 0 Å². The van der Waals surface area contributed by atoms with Gasteiger partial charge in [-0.25, -0.2) is 0 Å². The third-order valence-corrected chi connectivity index (χ3v) is 22.3. The maximum absolute atomic E-state index is 4.82. The SMILES string of the molecule is C=[C]([C@@H]1C[C@H]1c1ccccc1)[Sn]([CH2]CCC)([CH2]CCC)[CH2]CCC. The van der Waals surface area contributed by atoms with Gasteiger partial charge < -0.3 is 0 Å². The minimum absolute atomic E-state index is 0.791. The van der Waals surface area contributed by atoms with E-state index in [1.54, 1.807) is 18.9 Å². The van der Waals surface area contributed by atoms with Crippen LogP contribution in [0.4, 0.5) is 0 Å². The zero-order chi connectivity index (χ0) is 17.4. The fourth-order valence-corrected chi connectivity index (χ4v) is 21.3. The third-order valence-electron chi connectivity index (χ3n) is 6.17. The van der Waals surface area contributed by atoms with Gasteiger partial charge >= 0.3 is 155 Å². The van der Waals surface area contributed by atoms with Crippen LogP contribution in [0.2, 0.25) is 13.3 Å². The van der Waals surface area contributed by atoms with E-state index in [1.165, 1.54) is 44.9 Å². The Bertz CT molecular complexity index is 468. The predicted octanol–water partition coefficient (Wildman–Crippen LogP) is 7.73. The molecular formula is C23H38Sn. The Labute approximate surface area is 155 Å². The van der Waals surface area contributed by atoms with Crippen LogP contribution in [0.25, 0.3) is 0 Å². The molecule has 0 bridgehead atoms. The van der Waals surface area contributed by atoms with Crippen LogP contribution in [0.3, 0.4) is 0 Å². The molecule has 2 atom stereocenters. The van der Waals surface area contributed by atoms with E-state index in [-0.39, 0.29) is 0 Å². The van der Waals surface area contributed by atoms with E-state index in [9.17, 15) is 0 Å². The van der Waals surface area contributed by atoms with Crippen LogP contribution in [0.15, 0.2) is 40.5 Å². The molecule has 0 N–H and O–H groups in total. The molecule has 24 heavy (non-hydrogen) atoms. The topological polar surface area (TPSA) is 0 Å². The first-order valence-corrected chi connectivity index (χ1v) is 17.9. The van der Waals surface area contributed by atoms with Crippen LogP contribution < -0.4 is 0 Å². The summed E-state index contributed by atoms with van der Waals surface area (Å²) in [6.07, 6.45) is 9.80. The Balaban J connectivity index is 2.13. The van der Waals surface area contributed by atoms with Crippen LogP contribution in [0.1, 0.15) is 77.2 Å². The van der Waals surface area contributed by atoms with E-state index in [0.717, 1.165) is 11.8 Å². The molecule has 0 aliphatic heterocycles. The fraction of sp³-hybridized carbons (Fsp3) is 0.652. The van der Waals surface area contributed by atoms with E-state index in [0.29, 0.717) is 0 Å². The molecule has 0 saturated heterocycles. The molecular weight excluding hydrogens is 395 g/mol. The van der Waals surface area contributed by atoms with Gasteiger partial charge in [0.05, 0.1) is 0 Å². The molecule has 0 heterocycles. The van der Waals surface area contributed by atoms with Crippen molar-refractivity contribution in [3.05, 3.63) is 46.1 Å². The van der Waals surface area contributed by atoms with Crippen LogP contribution in [-0.4, -0.2) is 18.4 Å². The van der Waals surface area contributed by atoms with Crippen LogP contribution in [0, 0.1) is 5.92 Å². The number of rotatable bonds is 12. The van der Waals surface area contributed by atoms with Crippen LogP contribution in [-0.2, 0) is 0 Å². The number of hydrogen-bond donors (Lipinski definition) is 0. The number of unbranched alkanes of at least 4 members (excludes halogenated alkanes) is 3. The summed E-state index contributed by atoms with van der Waals surface area (Å²) in [5.74, 6) is 1.62. The molecule has 1 heteroatoms. The molecule has 1 aromatic rings. The first-order valence-electron chi connectivity index (χ1n) is 10.4. The predicted molar refractivity (Wildman–Crippen MR) is 111 cm³/mol. The van der Waals surface area contributed by atoms with Gasteiger partial charge in [-0.1, -0.05) is 0 Å². The van der Waals surface area contributed by atoms with Crippen molar-refractivity contribution in [3.8, 4) is 0 Å². The standard InChI is InChI=1S/C11H11.3C4H9.Sn/c1-2-9-8-11(9)10-6-4-3-5-7-10;3*1-3-4-2;/h3-7,9,11H,1,8H2;3*1,3-4H2,2H3;/t9-,11-;;;;/m1..../s1. The monoisotopic (exact) mass is 434 g/mol. The summed E-state index contributed by atoms with van der Waals surface area (Å²) in [7, 11) is 0. The summed E-state index contributed by atoms with van der Waals surface area (Å²) >= 11 is -2.22.